The lowest BCUT2D eigenvalue weighted by Crippen LogP contribution is -2.66. The molecule has 53 heteroatoms. The second kappa shape index (κ2) is 32.0. The van der Waals surface area contributed by atoms with Crippen LogP contribution in [0.25, 0.3) is 22.3 Å². The SMILES string of the molecule is O=C1O[C@H]2[C@@H]3OC(=O)c4cc(O)c(O)c(O)c4-c4c(cc(O)c(O)c4O)C(=O)OC[C@@H](O3)[C@@H](OC(=O)c3cc(O)c(O)c4c3[C@H]3C1=CC(=O)C(O)(O)[C@@]3(O)O4)[C@@H]2OC(=O)c1cc(O)c(O)c(O)c1Oc1cc(C(=O)O[C@H]2[C@@H]3OC(=O)c4cc(O)c(O)c(O)c4-c4c(cc(O)c(O)c4O)C(=O)OC[C@@H](O3)[C@@H](OC(=O)c3cc(O)c(O)c(O)c3)[C@@H]2OC(=O)c2cc(O)c(O)c(O)c2)cc(O)c1O. The Labute approximate surface area is 740 Å². The van der Waals surface area contributed by atoms with Gasteiger partial charge in [-0.25, -0.2) is 47.9 Å². The van der Waals surface area contributed by atoms with Gasteiger partial charge in [0.1, 0.15) is 31.0 Å². The normalized spacial score (nSPS) is 22.5. The highest BCUT2D eigenvalue weighted by Gasteiger charge is 2.71. The molecular weight excluding hydrogens is 1830 g/mol. The number of phenolic OH excluding ortho intramolecular Hbond substituents is 25. The number of phenols is 25. The second-order valence-corrected chi connectivity index (χ2v) is 29.9. The summed E-state index contributed by atoms with van der Waals surface area (Å²) in [5, 5.41) is 310. The van der Waals surface area contributed by atoms with Gasteiger partial charge in [-0.2, -0.15) is 0 Å². The Kier molecular flexibility index (Phi) is 21.3. The third-order valence-electron chi connectivity index (χ3n) is 21.9. The first-order chi connectivity index (χ1) is 63.4. The minimum atomic E-state index is -4.28. The molecule has 0 aromatic heterocycles. The molecule has 0 spiro atoms. The number of ether oxygens (including phenoxy) is 14. The number of aromatic hydroxyl groups is 25. The number of esters is 10. The van der Waals surface area contributed by atoms with Gasteiger partial charge in [-0.05, 0) is 72.8 Å². The van der Waals surface area contributed by atoms with Crippen LogP contribution in [-0.4, -0.2) is 295 Å². The maximum Gasteiger partial charge on any atom is 0.342 e. The molecule has 9 aromatic rings. The maximum absolute atomic E-state index is 15.7. The highest BCUT2D eigenvalue weighted by atomic mass is 16.8. The molecule has 53 nitrogen and oxygen atoms in total. The molecule has 0 radical (unpaired) electrons. The molecule has 6 bridgehead atoms. The Balaban J connectivity index is 0.829. The zero-order chi connectivity index (χ0) is 98.0. The van der Waals surface area contributed by atoms with Crippen LogP contribution in [0.3, 0.4) is 0 Å². The number of hydrogen-bond donors (Lipinski definition) is 28. The van der Waals surface area contributed by atoms with Gasteiger partial charge in [-0.1, -0.05) is 0 Å². The summed E-state index contributed by atoms with van der Waals surface area (Å²) < 4.78 is 80.1. The van der Waals surface area contributed by atoms with Crippen molar-refractivity contribution in [1.82, 2.24) is 0 Å². The molecule has 702 valence electrons. The van der Waals surface area contributed by atoms with Crippen LogP contribution in [0, 0.1) is 0 Å². The summed E-state index contributed by atoms with van der Waals surface area (Å²) in [6.07, 6.45) is -29.0. The van der Waals surface area contributed by atoms with Crippen molar-refractivity contribution in [1.29, 1.82) is 0 Å². The van der Waals surface area contributed by atoms with Gasteiger partial charge in [0, 0.05) is 33.9 Å². The summed E-state index contributed by atoms with van der Waals surface area (Å²) in [5.74, 6) is -76.2. The number of ketones is 1. The molecule has 16 rings (SSSR count). The molecule has 0 amide bonds. The Morgan fingerprint density at radius 1 is 0.326 bits per heavy atom. The Bertz CT molecular complexity index is 6810. The van der Waals surface area contributed by atoms with Gasteiger partial charge in [-0.3, -0.25) is 4.79 Å². The third kappa shape index (κ3) is 14.4. The monoisotopic (exact) mass is 1890 g/mol. The summed E-state index contributed by atoms with van der Waals surface area (Å²) >= 11 is 0. The Morgan fingerprint density at radius 2 is 0.689 bits per heavy atom. The van der Waals surface area contributed by atoms with Crippen molar-refractivity contribution in [2.45, 2.75) is 78.9 Å². The van der Waals surface area contributed by atoms with Crippen LogP contribution in [0.5, 0.6) is 161 Å². The van der Waals surface area contributed by atoms with Crippen molar-refractivity contribution in [3.05, 3.63) is 140 Å². The number of cyclic esters (lactones) is 2. The van der Waals surface area contributed by atoms with E-state index in [4.69, 9.17) is 66.3 Å². The van der Waals surface area contributed by atoms with E-state index >= 15 is 28.8 Å². The number of benzene rings is 9. The van der Waals surface area contributed by atoms with Crippen LogP contribution >= 0.6 is 0 Å². The number of rotatable bonds is 10. The smallest absolute Gasteiger partial charge is 0.342 e. The maximum atomic E-state index is 15.7. The minimum absolute atomic E-state index is 0.00586. The van der Waals surface area contributed by atoms with Crippen molar-refractivity contribution < 1.29 is 262 Å². The topological polar surface area (TPSA) is 883 Å². The summed E-state index contributed by atoms with van der Waals surface area (Å²) in [7, 11) is 0. The lowest BCUT2D eigenvalue weighted by molar-refractivity contribution is -0.323. The van der Waals surface area contributed by atoms with Gasteiger partial charge in [0.2, 0.25) is 76.6 Å². The fourth-order valence-corrected chi connectivity index (χ4v) is 15.4. The van der Waals surface area contributed by atoms with E-state index in [1.807, 2.05) is 0 Å². The molecule has 2 saturated heterocycles. The zero-order valence-electron chi connectivity index (χ0n) is 66.0. The molecule has 0 saturated carbocycles. The number of carbonyl (C=O) groups is 11. The fourth-order valence-electron chi connectivity index (χ4n) is 15.4. The summed E-state index contributed by atoms with van der Waals surface area (Å²) in [6, 6.07) is 3.43. The third-order valence-corrected chi connectivity index (χ3v) is 21.9. The molecule has 2 fully saturated rings. The summed E-state index contributed by atoms with van der Waals surface area (Å²) in [4.78, 5) is 164. The van der Waals surface area contributed by atoms with Gasteiger partial charge < -0.3 is 209 Å². The van der Waals surface area contributed by atoms with Gasteiger partial charge in [0.15, 0.2) is 139 Å². The molecule has 9 aromatic carbocycles. The van der Waals surface area contributed by atoms with Crippen molar-refractivity contribution in [2.75, 3.05) is 13.2 Å². The highest BCUT2D eigenvalue weighted by molar-refractivity contribution is 6.12. The number of aliphatic hydroxyl groups is 3. The van der Waals surface area contributed by atoms with Crippen molar-refractivity contribution in [2.24, 2.45) is 0 Å². The van der Waals surface area contributed by atoms with E-state index in [2.05, 4.69) is 0 Å². The van der Waals surface area contributed by atoms with Crippen LogP contribution < -0.4 is 9.47 Å². The number of fused-ring (bicyclic) bond motifs is 14. The fraction of sp³-hybridized carbons (Fsp3) is 0.183. The first-order valence-corrected chi connectivity index (χ1v) is 37.6. The predicted molar refractivity (Wildman–Crippen MR) is 411 cm³/mol. The molecule has 1 aliphatic carbocycles. The van der Waals surface area contributed by atoms with E-state index in [1.54, 1.807) is 0 Å². The van der Waals surface area contributed by atoms with E-state index in [0.29, 0.717) is 36.4 Å². The van der Waals surface area contributed by atoms with Crippen LogP contribution in [-0.2, 0) is 66.4 Å². The van der Waals surface area contributed by atoms with E-state index < -0.39 is 402 Å². The summed E-state index contributed by atoms with van der Waals surface area (Å²) in [6.45, 7) is -3.17. The molecule has 135 heavy (non-hydrogen) atoms. The zero-order valence-corrected chi connectivity index (χ0v) is 66.0. The molecule has 7 aliphatic rings. The van der Waals surface area contributed by atoms with Crippen LogP contribution in [0.4, 0.5) is 0 Å². The van der Waals surface area contributed by atoms with Gasteiger partial charge in [0.05, 0.1) is 56.0 Å². The largest absolute Gasteiger partial charge is 0.504 e. The first kappa shape index (κ1) is 89.9. The molecule has 12 atom stereocenters. The standard InChI is InChI=1S/C82H56O53/c83-26-1-16(2-27(84)47(26)95)69(109)127-62-38-14-122-72(112)19-7-31(88)50(98)56(104)41(19)43-21(9-33(90)52(100)58(43)106)75(115)133-79(125-38)67(65(62)129-70(110)17-3-28(85)48(96)29(86)4-17)131-71(111)18-5-30(87)49(97)37(6-18)124-61-25(12-35(92)54(102)60(61)108)78(118)130-66-63-39-15-123-73(113)20-8-32(89)51(99)57(105)42(20)44-22(10-34(91)53(101)59(44)107)76(116)134-80(126-39)68(66)132-77(117)24-13-40(94)81(119,120)82(121)46(24)45-23(74(114)128-63)11-36(93)55(103)64(45)135-82/h1-13,38-39,46,62-63,65-68,79-80,83-93,95-108,119-121H,14-15H2/t38-,39-,46-,62-,63-,65+,66+,67-,68-,79+,80+,82+/m1/s1. The molecular formula is C82H56O53. The summed E-state index contributed by atoms with van der Waals surface area (Å²) in [5.41, 5.74) is -19.2. The lowest BCUT2D eigenvalue weighted by atomic mass is 9.74. The van der Waals surface area contributed by atoms with Crippen molar-refractivity contribution in [3.63, 3.8) is 0 Å². The van der Waals surface area contributed by atoms with Crippen LogP contribution in [0.1, 0.15) is 105 Å². The Morgan fingerprint density at radius 3 is 1.17 bits per heavy atom. The second-order valence-electron chi connectivity index (χ2n) is 29.9. The van der Waals surface area contributed by atoms with Gasteiger partial charge in [-0.15, -0.1) is 0 Å². The van der Waals surface area contributed by atoms with E-state index in [0.717, 1.165) is 0 Å². The minimum Gasteiger partial charge on any atom is -0.504 e. The van der Waals surface area contributed by atoms with Gasteiger partial charge in [0.25, 0.3) is 11.6 Å². The quantitative estimate of drug-likeness (QED) is 0.0392. The van der Waals surface area contributed by atoms with Crippen LogP contribution in [0.2, 0.25) is 0 Å². The van der Waals surface area contributed by atoms with E-state index in [9.17, 15) is 167 Å². The predicted octanol–water partition coefficient (Wildman–Crippen LogP) is 0.965. The molecule has 0 unspecified atom stereocenters. The number of hydrogen-bond acceptors (Lipinski definition) is 53. The molecule has 6 heterocycles. The average molecular weight is 1890 g/mol. The molecule has 28 N–H and O–H groups in total. The number of carbonyl (C=O) groups excluding carboxylic acids is 11. The van der Waals surface area contributed by atoms with Gasteiger partial charge >= 0.3 is 59.7 Å². The van der Waals surface area contributed by atoms with Crippen LogP contribution in [0.15, 0.2) is 84.4 Å². The lowest BCUT2D eigenvalue weighted by Gasteiger charge is -2.44. The van der Waals surface area contributed by atoms with Crippen molar-refractivity contribution >= 4 is 65.5 Å². The Hall–Kier alpha value is -18.5. The van der Waals surface area contributed by atoms with Crippen molar-refractivity contribution in [3.8, 4) is 183 Å². The molecule has 6 aliphatic heterocycles. The van der Waals surface area contributed by atoms with E-state index in [-0.39, 0.29) is 42.5 Å². The van der Waals surface area contributed by atoms with E-state index in [1.165, 1.54) is 0 Å². The first-order valence-electron chi connectivity index (χ1n) is 37.6. The highest BCUT2D eigenvalue weighted by Crippen LogP contribution is 2.62. The average Bonchev–Trinajstić information content (AvgIpc) is 1.53.